The lowest BCUT2D eigenvalue weighted by Crippen LogP contribution is -2.18. The van der Waals surface area contributed by atoms with E-state index in [1.807, 2.05) is 42.5 Å². The number of nitrogens with one attached hydrogen (secondary N) is 1. The Morgan fingerprint density at radius 1 is 1.33 bits per heavy atom. The van der Waals surface area contributed by atoms with Crippen molar-refractivity contribution in [3.05, 3.63) is 42.0 Å². The van der Waals surface area contributed by atoms with Crippen molar-refractivity contribution in [2.75, 3.05) is 13.6 Å². The van der Waals surface area contributed by atoms with Crippen molar-refractivity contribution in [1.29, 1.82) is 0 Å². The summed E-state index contributed by atoms with van der Waals surface area (Å²) in [6.07, 6.45) is 3.50. The first kappa shape index (κ1) is 14.1. The average molecular weight is 230 g/mol. The monoisotopic (exact) mass is 229 g/mol. The lowest BCUT2D eigenvalue weighted by Gasteiger charge is -2.02. The van der Waals surface area contributed by atoms with Crippen molar-refractivity contribution in [2.24, 2.45) is 0 Å². The minimum absolute atomic E-state index is 0. The van der Waals surface area contributed by atoms with Crippen LogP contribution in [0.3, 0.4) is 0 Å². The average Bonchev–Trinajstić information content (AvgIpc) is 2.20. The highest BCUT2D eigenvalue weighted by atomic mass is 35.5. The van der Waals surface area contributed by atoms with Crippen molar-refractivity contribution in [3.8, 4) is 0 Å². The Labute approximate surface area is 96.8 Å². The maximum Gasteiger partial charge on any atom is 0.116 e. The fourth-order valence-corrected chi connectivity index (χ4v) is 1.22. The predicted molar refractivity (Wildman–Crippen MR) is 66.2 cm³/mol. The minimum atomic E-state index is -0.792. The van der Waals surface area contributed by atoms with E-state index >= 15 is 0 Å². The summed E-state index contributed by atoms with van der Waals surface area (Å²) in [5.74, 6) is 0. The number of allylic oxidation sites excluding steroid dienone is 1. The molecule has 15 heavy (non-hydrogen) atoms. The molecule has 1 N–H and O–H groups in total. The van der Waals surface area contributed by atoms with E-state index in [1.54, 1.807) is 7.05 Å². The molecule has 0 aliphatic rings. The highest BCUT2D eigenvalue weighted by Gasteiger charge is 2.00. The van der Waals surface area contributed by atoms with Gasteiger partial charge in [0.15, 0.2) is 0 Å². The third-order valence-electron chi connectivity index (χ3n) is 1.93. The Kier molecular flexibility index (Phi) is 7.96. The van der Waals surface area contributed by atoms with Crippen LogP contribution in [0, 0.1) is 0 Å². The fraction of sp³-hybridized carbons (Fsp3) is 0.333. The molecule has 0 aromatic heterocycles. The van der Waals surface area contributed by atoms with Gasteiger partial charge < -0.3 is 5.32 Å². The Hall–Kier alpha value is -0.860. The van der Waals surface area contributed by atoms with E-state index in [2.05, 4.69) is 5.32 Å². The van der Waals surface area contributed by atoms with Crippen LogP contribution in [0.15, 0.2) is 36.4 Å². The summed E-state index contributed by atoms with van der Waals surface area (Å²) >= 11 is 0. The molecule has 1 nitrogen and oxygen atoms in total. The van der Waals surface area contributed by atoms with Crippen molar-refractivity contribution >= 4 is 18.5 Å². The zero-order valence-electron chi connectivity index (χ0n) is 8.82. The van der Waals surface area contributed by atoms with E-state index in [0.29, 0.717) is 13.0 Å². The first-order valence-electron chi connectivity index (χ1n) is 4.83. The molecule has 1 atom stereocenters. The number of halogens is 2. The van der Waals surface area contributed by atoms with Gasteiger partial charge in [0.05, 0.1) is 0 Å². The van der Waals surface area contributed by atoms with Gasteiger partial charge in [-0.15, -0.1) is 12.4 Å². The lowest BCUT2D eigenvalue weighted by molar-refractivity contribution is 0.329. The molecule has 0 fully saturated rings. The van der Waals surface area contributed by atoms with Crippen LogP contribution in [-0.4, -0.2) is 19.8 Å². The van der Waals surface area contributed by atoms with Gasteiger partial charge >= 0.3 is 0 Å². The molecule has 0 saturated heterocycles. The quantitative estimate of drug-likeness (QED) is 0.819. The molecule has 0 saturated carbocycles. The second kappa shape index (κ2) is 8.45. The zero-order chi connectivity index (χ0) is 10.2. The van der Waals surface area contributed by atoms with E-state index < -0.39 is 6.17 Å². The second-order valence-corrected chi connectivity index (χ2v) is 3.20. The Morgan fingerprint density at radius 3 is 2.60 bits per heavy atom. The Balaban J connectivity index is 0.00000196. The number of benzene rings is 1. The Bertz CT molecular complexity index is 274. The molecule has 1 aromatic carbocycles. The van der Waals surface area contributed by atoms with E-state index in [4.69, 9.17) is 0 Å². The molecule has 0 aliphatic heterocycles. The number of rotatable bonds is 5. The first-order valence-corrected chi connectivity index (χ1v) is 4.83. The van der Waals surface area contributed by atoms with Crippen LogP contribution < -0.4 is 5.32 Å². The van der Waals surface area contributed by atoms with E-state index in [0.717, 1.165) is 5.56 Å². The van der Waals surface area contributed by atoms with E-state index in [-0.39, 0.29) is 12.4 Å². The van der Waals surface area contributed by atoms with E-state index in [1.165, 1.54) is 0 Å². The zero-order valence-corrected chi connectivity index (χ0v) is 9.64. The van der Waals surface area contributed by atoms with Gasteiger partial charge in [-0.1, -0.05) is 42.5 Å². The molecule has 0 amide bonds. The highest BCUT2D eigenvalue weighted by Crippen LogP contribution is 2.04. The molecule has 0 aliphatic carbocycles. The summed E-state index contributed by atoms with van der Waals surface area (Å²) < 4.78 is 13.0. The Morgan fingerprint density at radius 2 is 2.00 bits per heavy atom. The number of hydrogen-bond donors (Lipinski definition) is 1. The summed E-state index contributed by atoms with van der Waals surface area (Å²) in [5.41, 5.74) is 1.11. The molecule has 1 aromatic rings. The molecule has 3 heteroatoms. The summed E-state index contributed by atoms with van der Waals surface area (Å²) in [6, 6.07) is 9.92. The smallest absolute Gasteiger partial charge is 0.116 e. The van der Waals surface area contributed by atoms with Gasteiger partial charge in [-0.25, -0.2) is 4.39 Å². The third kappa shape index (κ3) is 6.26. The SMILES string of the molecule is CNCC(F)C/C=C/c1ccccc1.Cl. The van der Waals surface area contributed by atoms with E-state index in [9.17, 15) is 4.39 Å². The molecule has 0 radical (unpaired) electrons. The van der Waals surface area contributed by atoms with Crippen molar-refractivity contribution in [3.63, 3.8) is 0 Å². The molecule has 0 heterocycles. The van der Waals surface area contributed by atoms with Gasteiger partial charge in [0, 0.05) is 6.54 Å². The predicted octanol–water partition coefficient (Wildman–Crippen LogP) is 3.07. The standard InChI is InChI=1S/C12H16FN.ClH/c1-14-10-12(13)9-5-8-11-6-3-2-4-7-11;/h2-8,12,14H,9-10H2,1H3;1H/b8-5+;. The summed E-state index contributed by atoms with van der Waals surface area (Å²) in [6.45, 7) is 0.416. The van der Waals surface area contributed by atoms with Crippen LogP contribution in [-0.2, 0) is 0 Å². The topological polar surface area (TPSA) is 12.0 Å². The second-order valence-electron chi connectivity index (χ2n) is 3.20. The van der Waals surface area contributed by atoms with Crippen LogP contribution >= 0.6 is 12.4 Å². The minimum Gasteiger partial charge on any atom is -0.317 e. The number of hydrogen-bond acceptors (Lipinski definition) is 1. The first-order chi connectivity index (χ1) is 6.83. The highest BCUT2D eigenvalue weighted by molar-refractivity contribution is 5.85. The van der Waals surface area contributed by atoms with Gasteiger partial charge in [-0.2, -0.15) is 0 Å². The van der Waals surface area contributed by atoms with Crippen LogP contribution in [0.2, 0.25) is 0 Å². The molecule has 1 rings (SSSR count). The number of alkyl halides is 1. The largest absolute Gasteiger partial charge is 0.317 e. The third-order valence-corrected chi connectivity index (χ3v) is 1.93. The van der Waals surface area contributed by atoms with Gasteiger partial charge in [0.2, 0.25) is 0 Å². The van der Waals surface area contributed by atoms with Crippen molar-refractivity contribution in [1.82, 2.24) is 5.32 Å². The van der Waals surface area contributed by atoms with Gasteiger partial charge in [-0.05, 0) is 19.0 Å². The maximum absolute atomic E-state index is 13.0. The van der Waals surface area contributed by atoms with Gasteiger partial charge in [0.25, 0.3) is 0 Å². The van der Waals surface area contributed by atoms with Crippen LogP contribution in [0.4, 0.5) is 4.39 Å². The summed E-state index contributed by atoms with van der Waals surface area (Å²) in [5, 5.41) is 2.81. The molecule has 1 unspecified atom stereocenters. The molecule has 0 bridgehead atoms. The summed E-state index contributed by atoms with van der Waals surface area (Å²) in [7, 11) is 1.76. The normalized spacial score (nSPS) is 12.4. The lowest BCUT2D eigenvalue weighted by atomic mass is 10.2. The molecule has 0 spiro atoms. The maximum atomic E-state index is 13.0. The summed E-state index contributed by atoms with van der Waals surface area (Å²) in [4.78, 5) is 0. The van der Waals surface area contributed by atoms with Crippen LogP contribution in [0.1, 0.15) is 12.0 Å². The van der Waals surface area contributed by atoms with Crippen LogP contribution in [0.5, 0.6) is 0 Å². The van der Waals surface area contributed by atoms with Crippen LogP contribution in [0.25, 0.3) is 6.08 Å². The molecular formula is C12H17ClFN. The molecule has 84 valence electrons. The van der Waals surface area contributed by atoms with Gasteiger partial charge in [0.1, 0.15) is 6.17 Å². The van der Waals surface area contributed by atoms with Crippen molar-refractivity contribution < 1.29 is 4.39 Å². The van der Waals surface area contributed by atoms with Crippen molar-refractivity contribution in [2.45, 2.75) is 12.6 Å². The van der Waals surface area contributed by atoms with Gasteiger partial charge in [-0.3, -0.25) is 0 Å². The molecular weight excluding hydrogens is 213 g/mol. The fourth-order valence-electron chi connectivity index (χ4n) is 1.22.